The molecule has 0 bridgehead atoms. The van der Waals surface area contributed by atoms with Gasteiger partial charge in [0.15, 0.2) is 0 Å². The zero-order valence-electron chi connectivity index (χ0n) is 12.4. The molecule has 1 fully saturated rings. The van der Waals surface area contributed by atoms with Gasteiger partial charge in [-0.05, 0) is 49.0 Å². The molecule has 1 aliphatic rings. The molecule has 0 spiro atoms. The van der Waals surface area contributed by atoms with Crippen molar-refractivity contribution in [3.05, 3.63) is 22.4 Å². The van der Waals surface area contributed by atoms with Crippen molar-refractivity contribution in [3.8, 4) is 0 Å². The Balaban J connectivity index is 1.98. The van der Waals surface area contributed by atoms with Gasteiger partial charge in [0.05, 0.1) is 6.10 Å². The predicted octanol–water partition coefficient (Wildman–Crippen LogP) is 4.51. The van der Waals surface area contributed by atoms with Crippen LogP contribution in [0.25, 0.3) is 0 Å². The summed E-state index contributed by atoms with van der Waals surface area (Å²) in [7, 11) is 0. The molecule has 0 amide bonds. The van der Waals surface area contributed by atoms with Crippen molar-refractivity contribution < 1.29 is 4.74 Å². The SMILES string of the molecule is CCC(N)C(OC1CCC(C)(C)CC1)c1cccs1. The molecule has 1 saturated carbocycles. The molecule has 1 aromatic rings. The van der Waals surface area contributed by atoms with E-state index in [0.29, 0.717) is 11.5 Å². The van der Waals surface area contributed by atoms with Gasteiger partial charge in [0.25, 0.3) is 0 Å². The van der Waals surface area contributed by atoms with E-state index in [0.717, 1.165) is 6.42 Å². The molecule has 0 aliphatic heterocycles. The highest BCUT2D eigenvalue weighted by Crippen LogP contribution is 2.38. The van der Waals surface area contributed by atoms with Crippen molar-refractivity contribution in [2.45, 2.75) is 71.1 Å². The molecular weight excluding hydrogens is 254 g/mol. The average Bonchev–Trinajstić information content (AvgIpc) is 2.90. The number of thiophene rings is 1. The second kappa shape index (κ2) is 6.38. The zero-order chi connectivity index (χ0) is 13.9. The molecule has 0 radical (unpaired) electrons. The quantitative estimate of drug-likeness (QED) is 0.861. The van der Waals surface area contributed by atoms with E-state index in [1.165, 1.54) is 30.6 Å². The molecular formula is C16H27NOS. The molecule has 2 rings (SSSR count). The average molecular weight is 281 g/mol. The Morgan fingerprint density at radius 3 is 2.63 bits per heavy atom. The smallest absolute Gasteiger partial charge is 0.107 e. The summed E-state index contributed by atoms with van der Waals surface area (Å²) in [5.41, 5.74) is 6.75. The van der Waals surface area contributed by atoms with E-state index in [2.05, 4.69) is 38.3 Å². The summed E-state index contributed by atoms with van der Waals surface area (Å²) in [6.45, 7) is 6.86. The van der Waals surface area contributed by atoms with E-state index >= 15 is 0 Å². The van der Waals surface area contributed by atoms with Crippen LogP contribution in [0.2, 0.25) is 0 Å². The van der Waals surface area contributed by atoms with Crippen molar-refractivity contribution in [2.24, 2.45) is 11.1 Å². The number of hydrogen-bond acceptors (Lipinski definition) is 3. The standard InChI is InChI=1S/C16H27NOS/c1-4-13(17)15(14-6-5-11-19-14)18-12-7-9-16(2,3)10-8-12/h5-6,11-13,15H,4,7-10,17H2,1-3H3. The Hall–Kier alpha value is -0.380. The topological polar surface area (TPSA) is 35.2 Å². The minimum Gasteiger partial charge on any atom is -0.368 e. The zero-order valence-corrected chi connectivity index (χ0v) is 13.2. The fourth-order valence-electron chi connectivity index (χ4n) is 2.76. The van der Waals surface area contributed by atoms with Crippen molar-refractivity contribution in [1.82, 2.24) is 0 Å². The van der Waals surface area contributed by atoms with E-state index in [-0.39, 0.29) is 12.1 Å². The van der Waals surface area contributed by atoms with Gasteiger partial charge in [-0.3, -0.25) is 0 Å². The van der Waals surface area contributed by atoms with Gasteiger partial charge in [-0.2, -0.15) is 0 Å². The molecule has 1 aromatic heterocycles. The van der Waals surface area contributed by atoms with Crippen LogP contribution in [-0.4, -0.2) is 12.1 Å². The Bertz CT molecular complexity index is 364. The first-order chi connectivity index (χ1) is 9.02. The molecule has 2 unspecified atom stereocenters. The van der Waals surface area contributed by atoms with Crippen LogP contribution in [0.5, 0.6) is 0 Å². The van der Waals surface area contributed by atoms with Crippen molar-refractivity contribution in [3.63, 3.8) is 0 Å². The Labute approximate surface area is 121 Å². The van der Waals surface area contributed by atoms with Crippen LogP contribution >= 0.6 is 11.3 Å². The largest absolute Gasteiger partial charge is 0.368 e. The summed E-state index contributed by atoms with van der Waals surface area (Å²) in [4.78, 5) is 1.28. The lowest BCUT2D eigenvalue weighted by Crippen LogP contribution is -2.34. The monoisotopic (exact) mass is 281 g/mol. The van der Waals surface area contributed by atoms with Gasteiger partial charge in [0.1, 0.15) is 6.10 Å². The van der Waals surface area contributed by atoms with Gasteiger partial charge in [0.2, 0.25) is 0 Å². The lowest BCUT2D eigenvalue weighted by Gasteiger charge is -2.36. The van der Waals surface area contributed by atoms with Crippen molar-refractivity contribution in [1.29, 1.82) is 0 Å². The molecule has 3 heteroatoms. The summed E-state index contributed by atoms with van der Waals surface area (Å²) in [5, 5.41) is 2.11. The first kappa shape index (κ1) is 15.0. The van der Waals surface area contributed by atoms with Crippen LogP contribution in [0.1, 0.15) is 63.9 Å². The Kier molecular flexibility index (Phi) is 5.04. The molecule has 19 heavy (non-hydrogen) atoms. The molecule has 2 nitrogen and oxygen atoms in total. The summed E-state index contributed by atoms with van der Waals surface area (Å²) in [6, 6.07) is 4.34. The van der Waals surface area contributed by atoms with Gasteiger partial charge in [-0.25, -0.2) is 0 Å². The third-order valence-corrected chi connectivity index (χ3v) is 5.24. The van der Waals surface area contributed by atoms with E-state index in [9.17, 15) is 0 Å². The van der Waals surface area contributed by atoms with Crippen LogP contribution in [0, 0.1) is 5.41 Å². The van der Waals surface area contributed by atoms with Gasteiger partial charge in [-0.15, -0.1) is 11.3 Å². The molecule has 1 heterocycles. The Morgan fingerprint density at radius 2 is 2.11 bits per heavy atom. The van der Waals surface area contributed by atoms with Crippen molar-refractivity contribution in [2.75, 3.05) is 0 Å². The minimum absolute atomic E-state index is 0.0798. The normalized spacial score (nSPS) is 23.2. The molecule has 0 saturated heterocycles. The highest BCUT2D eigenvalue weighted by atomic mass is 32.1. The third-order valence-electron chi connectivity index (χ3n) is 4.31. The van der Waals surface area contributed by atoms with E-state index < -0.39 is 0 Å². The maximum atomic E-state index is 6.37. The maximum Gasteiger partial charge on any atom is 0.107 e. The molecule has 2 atom stereocenters. The number of ether oxygens (including phenoxy) is 1. The maximum absolute atomic E-state index is 6.37. The number of rotatable bonds is 5. The Morgan fingerprint density at radius 1 is 1.42 bits per heavy atom. The van der Waals surface area contributed by atoms with Gasteiger partial charge in [-0.1, -0.05) is 26.8 Å². The second-order valence-corrected chi connectivity index (χ2v) is 7.49. The van der Waals surface area contributed by atoms with Crippen LogP contribution < -0.4 is 5.73 Å². The molecule has 0 aromatic carbocycles. The minimum atomic E-state index is 0.0798. The molecule has 1 aliphatic carbocycles. The fourth-order valence-corrected chi connectivity index (χ4v) is 3.60. The van der Waals surface area contributed by atoms with Crippen LogP contribution in [0.4, 0.5) is 0 Å². The van der Waals surface area contributed by atoms with Gasteiger partial charge in [0, 0.05) is 10.9 Å². The molecule has 2 N–H and O–H groups in total. The lowest BCUT2D eigenvalue weighted by atomic mass is 9.76. The fraction of sp³-hybridized carbons (Fsp3) is 0.750. The van der Waals surface area contributed by atoms with Crippen LogP contribution in [0.3, 0.4) is 0 Å². The summed E-state index contributed by atoms with van der Waals surface area (Å²) < 4.78 is 6.37. The van der Waals surface area contributed by atoms with E-state index in [1.54, 1.807) is 11.3 Å². The highest BCUT2D eigenvalue weighted by molar-refractivity contribution is 7.10. The van der Waals surface area contributed by atoms with Crippen molar-refractivity contribution >= 4 is 11.3 Å². The van der Waals surface area contributed by atoms with E-state index in [4.69, 9.17) is 10.5 Å². The van der Waals surface area contributed by atoms with Crippen LogP contribution in [-0.2, 0) is 4.74 Å². The first-order valence-corrected chi connectivity index (χ1v) is 8.34. The summed E-state index contributed by atoms with van der Waals surface area (Å²) in [5.74, 6) is 0. The first-order valence-electron chi connectivity index (χ1n) is 7.46. The summed E-state index contributed by atoms with van der Waals surface area (Å²) in [6.07, 6.45) is 6.29. The lowest BCUT2D eigenvalue weighted by molar-refractivity contribution is -0.0559. The summed E-state index contributed by atoms with van der Waals surface area (Å²) >= 11 is 1.76. The van der Waals surface area contributed by atoms with Gasteiger partial charge < -0.3 is 10.5 Å². The predicted molar refractivity (Wildman–Crippen MR) is 82.4 cm³/mol. The van der Waals surface area contributed by atoms with Crippen LogP contribution in [0.15, 0.2) is 17.5 Å². The highest BCUT2D eigenvalue weighted by Gasteiger charge is 2.30. The van der Waals surface area contributed by atoms with Gasteiger partial charge >= 0.3 is 0 Å². The number of hydrogen-bond donors (Lipinski definition) is 1. The number of nitrogens with two attached hydrogens (primary N) is 1. The molecule has 108 valence electrons. The third kappa shape index (κ3) is 4.04. The second-order valence-electron chi connectivity index (χ2n) is 6.51. The van der Waals surface area contributed by atoms with E-state index in [1.807, 2.05) is 0 Å².